The van der Waals surface area contributed by atoms with Crippen molar-refractivity contribution in [2.24, 2.45) is 0 Å². The number of hydrogen-bond donors (Lipinski definition) is 4. The molecule has 1 saturated heterocycles. The van der Waals surface area contributed by atoms with Crippen molar-refractivity contribution in [3.8, 4) is 0 Å². The van der Waals surface area contributed by atoms with Crippen LogP contribution in [0, 0.1) is 0 Å². The summed E-state index contributed by atoms with van der Waals surface area (Å²) in [7, 11) is 0. The fourth-order valence-corrected chi connectivity index (χ4v) is 2.24. The molecule has 1 heterocycles. The third-order valence-electron chi connectivity index (χ3n) is 3.16. The summed E-state index contributed by atoms with van der Waals surface area (Å²) in [6, 6.07) is 6.89. The summed E-state index contributed by atoms with van der Waals surface area (Å²) in [5, 5.41) is 38.4. The van der Waals surface area contributed by atoms with Gasteiger partial charge in [-0.1, -0.05) is 29.8 Å². The van der Waals surface area contributed by atoms with Crippen LogP contribution in [-0.4, -0.2) is 58.1 Å². The van der Waals surface area contributed by atoms with Crippen LogP contribution in [0.25, 0.3) is 0 Å². The van der Waals surface area contributed by atoms with E-state index in [0.717, 1.165) is 0 Å². The van der Waals surface area contributed by atoms with E-state index in [2.05, 4.69) is 0 Å². The monoisotopic (exact) mass is 304 g/mol. The van der Waals surface area contributed by atoms with Crippen molar-refractivity contribution in [2.75, 3.05) is 13.2 Å². The van der Waals surface area contributed by atoms with Crippen LogP contribution in [0.1, 0.15) is 11.9 Å². The molecule has 0 spiro atoms. The van der Waals surface area contributed by atoms with Crippen LogP contribution in [0.3, 0.4) is 0 Å². The Morgan fingerprint density at radius 2 is 2.00 bits per heavy atom. The third-order valence-corrected chi connectivity index (χ3v) is 3.50. The fourth-order valence-electron chi connectivity index (χ4n) is 2.02. The Morgan fingerprint density at radius 1 is 1.30 bits per heavy atom. The Bertz CT molecular complexity index is 443. The fraction of sp³-hybridized carbons (Fsp3) is 0.538. The Hall–Kier alpha value is -0.730. The highest BCUT2D eigenvalue weighted by atomic mass is 35.5. The summed E-state index contributed by atoms with van der Waals surface area (Å²) in [5.74, 6) is 0. The van der Waals surface area contributed by atoms with Crippen molar-refractivity contribution < 1.29 is 29.9 Å². The molecule has 112 valence electrons. The minimum absolute atomic E-state index is 0.0736. The third kappa shape index (κ3) is 3.29. The molecule has 5 atom stereocenters. The average molecular weight is 305 g/mol. The summed E-state index contributed by atoms with van der Waals surface area (Å²) >= 11 is 6.04. The van der Waals surface area contributed by atoms with E-state index in [0.29, 0.717) is 10.6 Å². The van der Waals surface area contributed by atoms with Gasteiger partial charge in [-0.25, -0.2) is 0 Å². The first-order valence-corrected chi connectivity index (χ1v) is 6.59. The molecule has 2 rings (SSSR count). The normalized spacial score (nSPS) is 29.9. The summed E-state index contributed by atoms with van der Waals surface area (Å²) in [6.45, 7) is -0.707. The van der Waals surface area contributed by atoms with E-state index >= 15 is 0 Å². The van der Waals surface area contributed by atoms with Gasteiger partial charge in [0.05, 0.1) is 13.2 Å². The van der Waals surface area contributed by atoms with Crippen LogP contribution in [0.15, 0.2) is 24.3 Å². The van der Waals surface area contributed by atoms with E-state index in [1.807, 2.05) is 0 Å². The molecule has 20 heavy (non-hydrogen) atoms. The second-order valence-electron chi connectivity index (χ2n) is 4.60. The summed E-state index contributed by atoms with van der Waals surface area (Å²) in [5.41, 5.74) is 0.566. The summed E-state index contributed by atoms with van der Waals surface area (Å²) in [4.78, 5) is 0. The van der Waals surface area contributed by atoms with E-state index in [-0.39, 0.29) is 6.61 Å². The zero-order valence-corrected chi connectivity index (χ0v) is 11.3. The number of halogens is 1. The highest BCUT2D eigenvalue weighted by molar-refractivity contribution is 6.31. The molecule has 1 fully saturated rings. The van der Waals surface area contributed by atoms with Crippen molar-refractivity contribution in [1.82, 2.24) is 0 Å². The van der Waals surface area contributed by atoms with Crippen molar-refractivity contribution in [3.05, 3.63) is 34.9 Å². The first kappa shape index (κ1) is 15.7. The Balaban J connectivity index is 2.14. The molecule has 1 aromatic carbocycles. The molecular formula is C13H17ClO6. The van der Waals surface area contributed by atoms with Crippen LogP contribution in [0.5, 0.6) is 0 Å². The maximum absolute atomic E-state index is 9.86. The maximum atomic E-state index is 9.86. The topological polar surface area (TPSA) is 99.4 Å². The number of hydrogen-bond acceptors (Lipinski definition) is 6. The van der Waals surface area contributed by atoms with Gasteiger partial charge in [0.25, 0.3) is 0 Å². The van der Waals surface area contributed by atoms with Crippen LogP contribution < -0.4 is 0 Å². The zero-order chi connectivity index (χ0) is 14.7. The van der Waals surface area contributed by atoms with Crippen molar-refractivity contribution in [2.45, 2.75) is 30.7 Å². The molecule has 1 aliphatic rings. The Kier molecular flexibility index (Phi) is 5.34. The lowest BCUT2D eigenvalue weighted by atomic mass is 10.0. The van der Waals surface area contributed by atoms with Gasteiger partial charge in [0, 0.05) is 10.6 Å². The lowest BCUT2D eigenvalue weighted by molar-refractivity contribution is -0.284. The highest BCUT2D eigenvalue weighted by Crippen LogP contribution is 2.32. The summed E-state index contributed by atoms with van der Waals surface area (Å²) in [6.07, 6.45) is -5.86. The number of aliphatic hydroxyl groups excluding tert-OH is 4. The Morgan fingerprint density at radius 3 is 2.65 bits per heavy atom. The van der Waals surface area contributed by atoms with E-state index < -0.39 is 37.3 Å². The Labute approximate surface area is 121 Å². The van der Waals surface area contributed by atoms with E-state index in [1.54, 1.807) is 24.3 Å². The van der Waals surface area contributed by atoms with Gasteiger partial charge in [0.2, 0.25) is 0 Å². The van der Waals surface area contributed by atoms with Gasteiger partial charge in [0.15, 0.2) is 6.29 Å². The van der Waals surface area contributed by atoms with Crippen molar-refractivity contribution >= 4 is 11.6 Å². The van der Waals surface area contributed by atoms with Crippen molar-refractivity contribution in [1.29, 1.82) is 0 Å². The smallest absolute Gasteiger partial charge is 0.185 e. The average Bonchev–Trinajstić information content (AvgIpc) is 2.47. The van der Waals surface area contributed by atoms with E-state index in [9.17, 15) is 15.3 Å². The molecule has 1 unspecified atom stereocenters. The summed E-state index contributed by atoms with van der Waals surface area (Å²) < 4.78 is 10.8. The lowest BCUT2D eigenvalue weighted by Crippen LogP contribution is -2.52. The molecular weight excluding hydrogens is 288 g/mol. The molecule has 4 N–H and O–H groups in total. The lowest BCUT2D eigenvalue weighted by Gasteiger charge is -2.37. The van der Waals surface area contributed by atoms with Gasteiger partial charge >= 0.3 is 0 Å². The van der Waals surface area contributed by atoms with Crippen LogP contribution in [-0.2, 0) is 9.47 Å². The van der Waals surface area contributed by atoms with E-state index in [4.69, 9.17) is 26.2 Å². The number of aliphatic hydroxyl groups is 4. The molecule has 1 aliphatic heterocycles. The van der Waals surface area contributed by atoms with E-state index in [1.165, 1.54) is 0 Å². The molecule has 0 bridgehead atoms. The number of ether oxygens (including phenoxy) is 2. The molecule has 6 nitrogen and oxygen atoms in total. The highest BCUT2D eigenvalue weighted by Gasteiger charge is 2.39. The standard InChI is InChI=1S/C13H17ClO6/c14-8-4-2-1-3-7(8)13-19-6-10(17)12(20-13)11(18)9(16)5-15/h1-4,9-13,15-18H,5-6H2/t9-,10+,11+,12+,13?/m0/s1. The predicted octanol–water partition coefficient (Wildman–Crippen LogP) is -0.171. The van der Waals surface area contributed by atoms with Crippen LogP contribution in [0.4, 0.5) is 0 Å². The molecule has 0 saturated carbocycles. The van der Waals surface area contributed by atoms with Gasteiger partial charge in [-0.15, -0.1) is 0 Å². The first-order valence-electron chi connectivity index (χ1n) is 6.21. The number of rotatable bonds is 4. The molecule has 0 aromatic heterocycles. The largest absolute Gasteiger partial charge is 0.394 e. The molecule has 1 aromatic rings. The number of benzene rings is 1. The maximum Gasteiger partial charge on any atom is 0.185 e. The van der Waals surface area contributed by atoms with Crippen LogP contribution in [0.2, 0.25) is 5.02 Å². The van der Waals surface area contributed by atoms with Gasteiger partial charge < -0.3 is 29.9 Å². The van der Waals surface area contributed by atoms with Crippen LogP contribution >= 0.6 is 11.6 Å². The van der Waals surface area contributed by atoms with Gasteiger partial charge in [-0.3, -0.25) is 0 Å². The minimum atomic E-state index is -1.43. The van der Waals surface area contributed by atoms with Gasteiger partial charge in [-0.05, 0) is 6.07 Å². The predicted molar refractivity (Wildman–Crippen MR) is 70.1 cm³/mol. The van der Waals surface area contributed by atoms with Crippen molar-refractivity contribution in [3.63, 3.8) is 0 Å². The second kappa shape index (κ2) is 6.82. The quantitative estimate of drug-likeness (QED) is 0.616. The zero-order valence-electron chi connectivity index (χ0n) is 10.6. The SMILES string of the molecule is OC[C@H](O)[C@@H](O)[C@@H]1OC(c2ccccc2Cl)OC[C@H]1O. The molecule has 0 radical (unpaired) electrons. The molecule has 7 heteroatoms. The molecule has 0 amide bonds. The molecule has 0 aliphatic carbocycles. The minimum Gasteiger partial charge on any atom is -0.394 e. The van der Waals surface area contributed by atoms with Gasteiger partial charge in [-0.2, -0.15) is 0 Å². The first-order chi connectivity index (χ1) is 9.54. The van der Waals surface area contributed by atoms with Gasteiger partial charge in [0.1, 0.15) is 24.4 Å². The second-order valence-corrected chi connectivity index (χ2v) is 5.00.